The monoisotopic (exact) mass is 227 g/mol. The Hall–Kier alpha value is -2.31. The van der Waals surface area contributed by atoms with Crippen LogP contribution in [0.25, 0.3) is 0 Å². The van der Waals surface area contributed by atoms with Gasteiger partial charge < -0.3 is 5.11 Å². The first-order valence-corrected chi connectivity index (χ1v) is 4.09. The molecular formula is C9H6FNO5. The molecule has 1 aromatic rings. The Morgan fingerprint density at radius 2 is 2.19 bits per heavy atom. The normalized spacial score (nSPS) is 9.81. The molecule has 0 spiro atoms. The van der Waals surface area contributed by atoms with Gasteiger partial charge in [-0.3, -0.25) is 19.7 Å². The maximum Gasteiger partial charge on any atom is 0.315 e. The molecule has 0 bridgehead atoms. The van der Waals surface area contributed by atoms with Gasteiger partial charge in [0.2, 0.25) is 5.82 Å². The van der Waals surface area contributed by atoms with E-state index in [0.717, 1.165) is 12.1 Å². The summed E-state index contributed by atoms with van der Waals surface area (Å²) >= 11 is 0. The van der Waals surface area contributed by atoms with Crippen LogP contribution in [-0.2, 0) is 11.2 Å². The number of nitrogens with zero attached hydrogens (tertiary/aromatic N) is 1. The minimum Gasteiger partial charge on any atom is -0.481 e. The topological polar surface area (TPSA) is 97.5 Å². The summed E-state index contributed by atoms with van der Waals surface area (Å²) in [4.78, 5) is 30.3. The Labute approximate surface area is 88.5 Å². The molecule has 0 amide bonds. The summed E-state index contributed by atoms with van der Waals surface area (Å²) in [5, 5.41) is 18.9. The van der Waals surface area contributed by atoms with Gasteiger partial charge in [0.25, 0.3) is 0 Å². The van der Waals surface area contributed by atoms with Gasteiger partial charge in [0.15, 0.2) is 6.29 Å². The van der Waals surface area contributed by atoms with E-state index < -0.39 is 34.4 Å². The van der Waals surface area contributed by atoms with Gasteiger partial charge in [-0.05, 0) is 17.7 Å². The van der Waals surface area contributed by atoms with Crippen molar-refractivity contribution >= 4 is 17.9 Å². The third kappa shape index (κ3) is 2.38. The lowest BCUT2D eigenvalue weighted by atomic mass is 10.1. The van der Waals surface area contributed by atoms with Gasteiger partial charge in [0, 0.05) is 0 Å². The van der Waals surface area contributed by atoms with E-state index in [-0.39, 0.29) is 11.8 Å². The predicted octanol–water partition coefficient (Wildman–Crippen LogP) is 1.17. The molecule has 0 aromatic heterocycles. The standard InChI is InChI=1S/C9H6FNO5/c10-7-2-5(3-8(13)14)1-6(4-12)9(7)11(15)16/h1-2,4H,3H2,(H,13,14). The zero-order valence-corrected chi connectivity index (χ0v) is 7.84. The highest BCUT2D eigenvalue weighted by atomic mass is 19.1. The smallest absolute Gasteiger partial charge is 0.315 e. The third-order valence-corrected chi connectivity index (χ3v) is 1.82. The molecule has 0 unspecified atom stereocenters. The Balaban J connectivity index is 3.31. The average Bonchev–Trinajstić information content (AvgIpc) is 2.14. The average molecular weight is 227 g/mol. The van der Waals surface area contributed by atoms with E-state index in [1.165, 1.54) is 0 Å². The minimum atomic E-state index is -1.22. The van der Waals surface area contributed by atoms with Crippen molar-refractivity contribution in [3.8, 4) is 0 Å². The number of aliphatic carboxylic acids is 1. The van der Waals surface area contributed by atoms with Crippen LogP contribution in [0.4, 0.5) is 10.1 Å². The Kier molecular flexibility index (Phi) is 3.29. The van der Waals surface area contributed by atoms with Crippen molar-refractivity contribution in [2.75, 3.05) is 0 Å². The maximum absolute atomic E-state index is 13.2. The molecule has 0 atom stereocenters. The second-order valence-corrected chi connectivity index (χ2v) is 2.96. The van der Waals surface area contributed by atoms with Crippen molar-refractivity contribution < 1.29 is 24.0 Å². The van der Waals surface area contributed by atoms with Crippen LogP contribution in [0.2, 0.25) is 0 Å². The van der Waals surface area contributed by atoms with Crippen LogP contribution < -0.4 is 0 Å². The van der Waals surface area contributed by atoms with Gasteiger partial charge in [-0.1, -0.05) is 0 Å². The Morgan fingerprint density at radius 3 is 2.62 bits per heavy atom. The van der Waals surface area contributed by atoms with Crippen molar-refractivity contribution in [3.05, 3.63) is 39.2 Å². The van der Waals surface area contributed by atoms with Crippen molar-refractivity contribution in [3.63, 3.8) is 0 Å². The lowest BCUT2D eigenvalue weighted by Gasteiger charge is -2.01. The molecule has 1 N–H and O–H groups in total. The molecular weight excluding hydrogens is 221 g/mol. The van der Waals surface area contributed by atoms with Crippen LogP contribution in [0.3, 0.4) is 0 Å². The number of aldehydes is 1. The molecule has 6 nitrogen and oxygen atoms in total. The first kappa shape index (κ1) is 11.8. The van der Waals surface area contributed by atoms with Crippen LogP contribution in [0, 0.1) is 15.9 Å². The first-order chi connectivity index (χ1) is 7.45. The molecule has 84 valence electrons. The summed E-state index contributed by atoms with van der Waals surface area (Å²) in [7, 11) is 0. The molecule has 0 heterocycles. The fraction of sp³-hybridized carbons (Fsp3) is 0.111. The number of carbonyl (C=O) groups is 2. The van der Waals surface area contributed by atoms with E-state index in [0.29, 0.717) is 0 Å². The molecule has 1 rings (SSSR count). The molecule has 0 aliphatic rings. The van der Waals surface area contributed by atoms with E-state index in [4.69, 9.17) is 5.11 Å². The lowest BCUT2D eigenvalue weighted by Crippen LogP contribution is -2.04. The van der Waals surface area contributed by atoms with Gasteiger partial charge in [0.1, 0.15) is 0 Å². The SMILES string of the molecule is O=Cc1cc(CC(=O)O)cc(F)c1[N+](=O)[O-]. The number of carbonyl (C=O) groups excluding carboxylic acids is 1. The van der Waals surface area contributed by atoms with Gasteiger partial charge in [-0.15, -0.1) is 0 Å². The quantitative estimate of drug-likeness (QED) is 0.473. The summed E-state index contributed by atoms with van der Waals surface area (Å²) in [5.74, 6) is -2.43. The van der Waals surface area contributed by atoms with Crippen LogP contribution in [-0.4, -0.2) is 22.3 Å². The molecule has 0 fully saturated rings. The number of rotatable bonds is 4. The van der Waals surface area contributed by atoms with Gasteiger partial charge in [0.05, 0.1) is 16.9 Å². The van der Waals surface area contributed by atoms with Crippen molar-refractivity contribution in [2.45, 2.75) is 6.42 Å². The van der Waals surface area contributed by atoms with E-state index >= 15 is 0 Å². The molecule has 0 radical (unpaired) electrons. The minimum absolute atomic E-state index is 0.00213. The van der Waals surface area contributed by atoms with Crippen molar-refractivity contribution in [1.82, 2.24) is 0 Å². The van der Waals surface area contributed by atoms with Crippen LogP contribution in [0.1, 0.15) is 15.9 Å². The largest absolute Gasteiger partial charge is 0.481 e. The molecule has 0 aliphatic carbocycles. The van der Waals surface area contributed by atoms with Crippen LogP contribution in [0.15, 0.2) is 12.1 Å². The van der Waals surface area contributed by atoms with Crippen molar-refractivity contribution in [2.24, 2.45) is 0 Å². The van der Waals surface area contributed by atoms with Crippen molar-refractivity contribution in [1.29, 1.82) is 0 Å². The highest BCUT2D eigenvalue weighted by Gasteiger charge is 2.21. The predicted molar refractivity (Wildman–Crippen MR) is 49.8 cm³/mol. The summed E-state index contributed by atoms with van der Waals surface area (Å²) in [6.45, 7) is 0. The highest BCUT2D eigenvalue weighted by molar-refractivity contribution is 5.82. The number of carboxylic acids is 1. The molecule has 16 heavy (non-hydrogen) atoms. The van der Waals surface area contributed by atoms with Gasteiger partial charge >= 0.3 is 11.7 Å². The Morgan fingerprint density at radius 1 is 1.56 bits per heavy atom. The number of hydrogen-bond acceptors (Lipinski definition) is 4. The summed E-state index contributed by atoms with van der Waals surface area (Å²) in [6, 6.07) is 1.72. The fourth-order valence-electron chi connectivity index (χ4n) is 1.24. The maximum atomic E-state index is 13.2. The van der Waals surface area contributed by atoms with Crippen LogP contribution in [0.5, 0.6) is 0 Å². The third-order valence-electron chi connectivity index (χ3n) is 1.82. The van der Waals surface area contributed by atoms with E-state index in [1.54, 1.807) is 0 Å². The molecule has 1 aromatic carbocycles. The molecule has 0 saturated carbocycles. The summed E-state index contributed by atoms with van der Waals surface area (Å²) < 4.78 is 13.2. The fourth-order valence-corrected chi connectivity index (χ4v) is 1.24. The molecule has 0 aliphatic heterocycles. The number of hydrogen-bond donors (Lipinski definition) is 1. The molecule has 0 saturated heterocycles. The number of benzene rings is 1. The number of carboxylic acid groups (broad SMARTS) is 1. The number of nitro groups is 1. The highest BCUT2D eigenvalue weighted by Crippen LogP contribution is 2.23. The zero-order valence-electron chi connectivity index (χ0n) is 7.84. The Bertz CT molecular complexity index is 471. The van der Waals surface area contributed by atoms with Gasteiger partial charge in [-0.25, -0.2) is 0 Å². The lowest BCUT2D eigenvalue weighted by molar-refractivity contribution is -0.387. The second-order valence-electron chi connectivity index (χ2n) is 2.96. The zero-order chi connectivity index (χ0) is 12.3. The summed E-state index contributed by atoms with van der Waals surface area (Å²) in [5.41, 5.74) is -1.41. The van der Waals surface area contributed by atoms with E-state index in [2.05, 4.69) is 0 Å². The van der Waals surface area contributed by atoms with E-state index in [1.807, 2.05) is 0 Å². The molecule has 7 heteroatoms. The van der Waals surface area contributed by atoms with Crippen LogP contribution >= 0.6 is 0 Å². The van der Waals surface area contributed by atoms with Gasteiger partial charge in [-0.2, -0.15) is 4.39 Å². The first-order valence-electron chi connectivity index (χ1n) is 4.09. The number of halogens is 1. The number of nitro benzene ring substituents is 1. The van der Waals surface area contributed by atoms with E-state index in [9.17, 15) is 24.1 Å². The second kappa shape index (κ2) is 4.47. The summed E-state index contributed by atoms with van der Waals surface area (Å²) in [6.07, 6.45) is -0.387.